The first-order chi connectivity index (χ1) is 12.1. The maximum absolute atomic E-state index is 12.3. The van der Waals surface area contributed by atoms with Gasteiger partial charge in [-0.25, -0.2) is 9.59 Å². The van der Waals surface area contributed by atoms with E-state index in [1.165, 1.54) is 0 Å². The van der Waals surface area contributed by atoms with Crippen LogP contribution in [0.25, 0.3) is 0 Å². The number of fused-ring (bicyclic) bond motifs is 1. The highest BCUT2D eigenvalue weighted by Crippen LogP contribution is 2.45. The average molecular weight is 372 g/mol. The molecule has 7 nitrogen and oxygen atoms in total. The molecule has 140 valence electrons. The van der Waals surface area contributed by atoms with Crippen LogP contribution in [0.4, 0.5) is 0 Å². The molecule has 0 radical (unpaired) electrons. The maximum atomic E-state index is 12.3. The number of rotatable bonds is 9. The second-order valence-corrected chi connectivity index (χ2v) is 6.65. The number of ether oxygens (including phenoxy) is 4. The number of hydrogen-bond acceptors (Lipinski definition) is 8. The van der Waals surface area contributed by atoms with Crippen molar-refractivity contribution in [2.24, 2.45) is 0 Å². The Morgan fingerprint density at radius 2 is 1.64 bits per heavy atom. The molecule has 0 bridgehead atoms. The van der Waals surface area contributed by atoms with Crippen molar-refractivity contribution in [3.05, 3.63) is 9.75 Å². The molecule has 1 N–H and O–H groups in total. The van der Waals surface area contributed by atoms with Crippen molar-refractivity contribution >= 4 is 23.3 Å². The van der Waals surface area contributed by atoms with Crippen LogP contribution in [0.1, 0.15) is 58.9 Å². The minimum absolute atomic E-state index is 0.0970. The van der Waals surface area contributed by atoms with Crippen LogP contribution in [-0.2, 0) is 9.47 Å². The molecule has 1 aliphatic heterocycles. The molecule has 8 heteroatoms. The zero-order valence-electron chi connectivity index (χ0n) is 14.5. The Morgan fingerprint density at radius 3 is 2.16 bits per heavy atom. The van der Waals surface area contributed by atoms with Crippen LogP contribution in [0.5, 0.6) is 11.5 Å². The van der Waals surface area contributed by atoms with Crippen molar-refractivity contribution < 1.29 is 33.6 Å². The average Bonchev–Trinajstić information content (AvgIpc) is 3.00. The van der Waals surface area contributed by atoms with Crippen LogP contribution in [-0.4, -0.2) is 49.6 Å². The van der Waals surface area contributed by atoms with E-state index in [1.807, 2.05) is 13.8 Å². The van der Waals surface area contributed by atoms with Crippen LogP contribution in [0.3, 0.4) is 0 Å². The molecule has 0 amide bonds. The van der Waals surface area contributed by atoms with E-state index >= 15 is 0 Å². The Hall–Kier alpha value is -1.80. The van der Waals surface area contributed by atoms with Crippen LogP contribution < -0.4 is 9.47 Å². The third-order valence-corrected chi connectivity index (χ3v) is 4.67. The van der Waals surface area contributed by atoms with Crippen molar-refractivity contribution in [1.82, 2.24) is 0 Å². The number of aliphatic hydroxyl groups excluding tert-OH is 1. The number of carbonyl (C=O) groups is 2. The number of aliphatic hydroxyl groups is 1. The molecule has 1 aliphatic rings. The molecule has 1 unspecified atom stereocenters. The van der Waals surface area contributed by atoms with E-state index in [2.05, 4.69) is 0 Å². The first-order valence-corrected chi connectivity index (χ1v) is 9.35. The van der Waals surface area contributed by atoms with E-state index in [0.717, 1.165) is 37.0 Å². The van der Waals surface area contributed by atoms with Crippen LogP contribution >= 0.6 is 11.3 Å². The van der Waals surface area contributed by atoms with Crippen molar-refractivity contribution in [2.75, 3.05) is 26.4 Å². The summed E-state index contributed by atoms with van der Waals surface area (Å²) in [5.41, 5.74) is 0. The smallest absolute Gasteiger partial charge is 0.352 e. The van der Waals surface area contributed by atoms with Crippen molar-refractivity contribution in [1.29, 1.82) is 0 Å². The molecule has 25 heavy (non-hydrogen) atoms. The van der Waals surface area contributed by atoms with Crippen molar-refractivity contribution in [3.8, 4) is 11.5 Å². The van der Waals surface area contributed by atoms with Crippen LogP contribution in [0.15, 0.2) is 0 Å². The summed E-state index contributed by atoms with van der Waals surface area (Å²) in [4.78, 5) is 25.0. The highest BCUT2D eigenvalue weighted by atomic mass is 32.1. The van der Waals surface area contributed by atoms with Gasteiger partial charge in [0.25, 0.3) is 0 Å². The first kappa shape index (κ1) is 19.5. The van der Waals surface area contributed by atoms with E-state index in [0.29, 0.717) is 13.2 Å². The molecule has 2 heterocycles. The lowest BCUT2D eigenvalue weighted by atomic mass is 10.3. The largest absolute Gasteiger partial charge is 0.484 e. The normalized spacial score (nSPS) is 15.7. The third kappa shape index (κ3) is 4.85. The fourth-order valence-corrected chi connectivity index (χ4v) is 3.09. The number of esters is 2. The molecule has 0 aliphatic carbocycles. The van der Waals surface area contributed by atoms with Gasteiger partial charge in [-0.3, -0.25) is 0 Å². The third-order valence-electron chi connectivity index (χ3n) is 3.56. The number of thiophene rings is 1. The molecule has 1 aromatic rings. The summed E-state index contributed by atoms with van der Waals surface area (Å²) in [6, 6.07) is 0. The molecule has 0 saturated heterocycles. The van der Waals surface area contributed by atoms with Crippen molar-refractivity contribution in [3.63, 3.8) is 0 Å². The minimum Gasteiger partial charge on any atom is -0.484 e. The van der Waals surface area contributed by atoms with Gasteiger partial charge >= 0.3 is 11.9 Å². The van der Waals surface area contributed by atoms with Gasteiger partial charge < -0.3 is 24.1 Å². The summed E-state index contributed by atoms with van der Waals surface area (Å²) in [6.45, 7) is 4.43. The number of unbranched alkanes of at least 4 members (excludes halogenated alkanes) is 2. The van der Waals surface area contributed by atoms with Crippen molar-refractivity contribution in [2.45, 2.75) is 45.6 Å². The molecule has 0 fully saturated rings. The van der Waals surface area contributed by atoms with E-state index < -0.39 is 18.0 Å². The predicted molar refractivity (Wildman–Crippen MR) is 91.7 cm³/mol. The monoisotopic (exact) mass is 372 g/mol. The van der Waals surface area contributed by atoms with Crippen LogP contribution in [0, 0.1) is 0 Å². The Balaban J connectivity index is 2.23. The van der Waals surface area contributed by atoms with E-state index in [9.17, 15) is 14.7 Å². The molecule has 1 aromatic heterocycles. The lowest BCUT2D eigenvalue weighted by Gasteiger charge is -2.24. The van der Waals surface area contributed by atoms with E-state index in [1.54, 1.807) is 0 Å². The van der Waals surface area contributed by atoms with E-state index in [4.69, 9.17) is 18.9 Å². The Kier molecular flexibility index (Phi) is 7.52. The minimum atomic E-state index is -0.590. The quantitative estimate of drug-likeness (QED) is 0.526. The molecular formula is C17H24O7S. The summed E-state index contributed by atoms with van der Waals surface area (Å²) >= 11 is 0.939. The first-order valence-electron chi connectivity index (χ1n) is 8.53. The summed E-state index contributed by atoms with van der Waals surface area (Å²) in [5.74, 6) is -0.768. The van der Waals surface area contributed by atoms with Gasteiger partial charge in [0.2, 0.25) is 0 Å². The van der Waals surface area contributed by atoms with Gasteiger partial charge in [0.15, 0.2) is 27.4 Å². The molecule has 0 aromatic carbocycles. The second kappa shape index (κ2) is 9.62. The fourth-order valence-electron chi connectivity index (χ4n) is 2.12. The SMILES string of the molecule is CCCCOC(=O)c1sc(C(=O)OCCCC)c2c1OCC(CO)O2. The van der Waals surface area contributed by atoms with Crippen LogP contribution in [0.2, 0.25) is 0 Å². The molecule has 0 saturated carbocycles. The standard InChI is InChI=1S/C17H24O7S/c1-3-5-7-21-16(19)14-12-13(24-11(9-18)10-23-12)15(25-14)17(20)22-8-6-4-2/h11,18H,3-10H2,1-2H3. The fraction of sp³-hybridized carbons (Fsp3) is 0.647. The van der Waals surface area contributed by atoms with Gasteiger partial charge in [-0.05, 0) is 12.8 Å². The second-order valence-electron chi connectivity index (χ2n) is 5.63. The van der Waals surface area contributed by atoms with Gasteiger partial charge in [-0.1, -0.05) is 26.7 Å². The number of carbonyl (C=O) groups excluding carboxylic acids is 2. The highest BCUT2D eigenvalue weighted by molar-refractivity contribution is 7.16. The summed E-state index contributed by atoms with van der Waals surface area (Å²) in [5, 5.41) is 9.27. The molecule has 1 atom stereocenters. The van der Waals surface area contributed by atoms with E-state index in [-0.39, 0.29) is 34.5 Å². The van der Waals surface area contributed by atoms with Gasteiger partial charge in [0.1, 0.15) is 6.61 Å². The van der Waals surface area contributed by atoms with Gasteiger partial charge in [-0.2, -0.15) is 0 Å². The molecule has 0 spiro atoms. The Morgan fingerprint density at radius 1 is 1.08 bits per heavy atom. The lowest BCUT2D eigenvalue weighted by Crippen LogP contribution is -2.32. The number of hydrogen-bond donors (Lipinski definition) is 1. The lowest BCUT2D eigenvalue weighted by molar-refractivity contribution is 0.0363. The predicted octanol–water partition coefficient (Wildman–Crippen LogP) is 2.79. The Labute approximate surface area is 150 Å². The summed E-state index contributed by atoms with van der Waals surface area (Å²) in [7, 11) is 0. The Bertz CT molecular complexity index is 596. The van der Waals surface area contributed by atoms with Gasteiger partial charge in [0, 0.05) is 0 Å². The summed E-state index contributed by atoms with van der Waals surface area (Å²) in [6.07, 6.45) is 2.73. The zero-order chi connectivity index (χ0) is 18.2. The van der Waals surface area contributed by atoms with Gasteiger partial charge in [0.05, 0.1) is 19.8 Å². The maximum Gasteiger partial charge on any atom is 0.352 e. The molecule has 2 rings (SSSR count). The highest BCUT2D eigenvalue weighted by Gasteiger charge is 2.35. The van der Waals surface area contributed by atoms with Gasteiger partial charge in [-0.15, -0.1) is 11.3 Å². The topological polar surface area (TPSA) is 91.3 Å². The molecular weight excluding hydrogens is 348 g/mol. The summed E-state index contributed by atoms with van der Waals surface area (Å²) < 4.78 is 21.6. The zero-order valence-corrected chi connectivity index (χ0v) is 15.4.